The number of carbonyl (C=O) groups excluding carboxylic acids is 1. The molecule has 0 unspecified atom stereocenters. The molecule has 150 valence electrons. The number of carbonyl (C=O) groups is 1. The van der Waals surface area contributed by atoms with Crippen molar-refractivity contribution in [3.63, 3.8) is 0 Å². The fourth-order valence-electron chi connectivity index (χ4n) is 3.75. The van der Waals surface area contributed by atoms with Gasteiger partial charge in [-0.05, 0) is 41.3 Å². The maximum Gasteiger partial charge on any atom is 0.407 e. The fraction of sp³-hybridized carbons (Fsp3) is 0.200. The zero-order valence-electron chi connectivity index (χ0n) is 16.8. The Balaban J connectivity index is 1.29. The Hall–Kier alpha value is -3.78. The Kier molecular flexibility index (Phi) is 5.67. The van der Waals surface area contributed by atoms with E-state index in [4.69, 9.17) is 10.5 Å². The van der Waals surface area contributed by atoms with E-state index < -0.39 is 6.09 Å². The van der Waals surface area contributed by atoms with E-state index in [-0.39, 0.29) is 5.92 Å². The molecule has 1 amide bonds. The van der Waals surface area contributed by atoms with Gasteiger partial charge in [0.1, 0.15) is 12.4 Å². The number of fused-ring (bicyclic) bond motifs is 3. The number of nitrogens with two attached hydrogens (primary N) is 1. The van der Waals surface area contributed by atoms with Gasteiger partial charge >= 0.3 is 6.09 Å². The second kappa shape index (κ2) is 8.71. The Labute approximate surface area is 176 Å². The lowest BCUT2D eigenvalue weighted by atomic mass is 9.98. The number of nitrogen functional groups attached to an aromatic ring is 1. The van der Waals surface area contributed by atoms with E-state index >= 15 is 0 Å². The molecular formula is C25H23N3O2. The van der Waals surface area contributed by atoms with Gasteiger partial charge in [-0.25, -0.2) is 9.78 Å². The van der Waals surface area contributed by atoms with Gasteiger partial charge in [-0.2, -0.15) is 0 Å². The second-order valence-corrected chi connectivity index (χ2v) is 7.17. The summed E-state index contributed by atoms with van der Waals surface area (Å²) in [5.41, 5.74) is 12.1. The molecule has 0 atom stereocenters. The van der Waals surface area contributed by atoms with E-state index in [2.05, 4.69) is 46.4 Å². The molecule has 0 fully saturated rings. The van der Waals surface area contributed by atoms with Crippen LogP contribution in [0.1, 0.15) is 34.7 Å². The molecule has 30 heavy (non-hydrogen) atoms. The van der Waals surface area contributed by atoms with Crippen LogP contribution < -0.4 is 11.1 Å². The molecule has 5 nitrogen and oxygen atoms in total. The van der Waals surface area contributed by atoms with Crippen LogP contribution in [0.15, 0.2) is 60.7 Å². The van der Waals surface area contributed by atoms with Gasteiger partial charge < -0.3 is 15.8 Å². The van der Waals surface area contributed by atoms with Crippen molar-refractivity contribution < 1.29 is 9.53 Å². The molecule has 0 saturated heterocycles. The number of pyridine rings is 1. The first-order chi connectivity index (χ1) is 14.6. The molecule has 3 aromatic rings. The summed E-state index contributed by atoms with van der Waals surface area (Å²) in [7, 11) is 0. The smallest absolute Gasteiger partial charge is 0.407 e. The van der Waals surface area contributed by atoms with Gasteiger partial charge in [-0.3, -0.25) is 0 Å². The molecule has 0 spiro atoms. The molecule has 0 aliphatic heterocycles. The predicted octanol–water partition coefficient (Wildman–Crippen LogP) is 4.25. The van der Waals surface area contributed by atoms with E-state index in [1.165, 1.54) is 22.3 Å². The van der Waals surface area contributed by atoms with Crippen LogP contribution in [0.25, 0.3) is 11.1 Å². The third-order valence-corrected chi connectivity index (χ3v) is 5.19. The highest BCUT2D eigenvalue weighted by molar-refractivity contribution is 5.79. The minimum Gasteiger partial charge on any atom is -0.449 e. The predicted molar refractivity (Wildman–Crippen MR) is 118 cm³/mol. The van der Waals surface area contributed by atoms with Gasteiger partial charge in [0, 0.05) is 24.4 Å². The molecule has 4 rings (SSSR count). The van der Waals surface area contributed by atoms with Gasteiger partial charge in [0.25, 0.3) is 0 Å². The Bertz CT molecular complexity index is 1100. The Morgan fingerprint density at radius 2 is 1.73 bits per heavy atom. The van der Waals surface area contributed by atoms with Crippen molar-refractivity contribution in [2.45, 2.75) is 19.3 Å². The van der Waals surface area contributed by atoms with Crippen molar-refractivity contribution in [1.82, 2.24) is 10.3 Å². The van der Waals surface area contributed by atoms with Gasteiger partial charge in [-0.15, -0.1) is 0 Å². The summed E-state index contributed by atoms with van der Waals surface area (Å²) in [6, 6.07) is 20.1. The largest absolute Gasteiger partial charge is 0.449 e. The fourth-order valence-corrected chi connectivity index (χ4v) is 3.75. The summed E-state index contributed by atoms with van der Waals surface area (Å²) in [4.78, 5) is 16.3. The molecule has 3 N–H and O–H groups in total. The number of anilines is 1. The maximum atomic E-state index is 12.1. The van der Waals surface area contributed by atoms with Gasteiger partial charge in [0.05, 0.1) is 5.69 Å². The average Bonchev–Trinajstić information content (AvgIpc) is 3.07. The van der Waals surface area contributed by atoms with Crippen molar-refractivity contribution in [2.24, 2.45) is 0 Å². The van der Waals surface area contributed by atoms with Gasteiger partial charge in [0.2, 0.25) is 0 Å². The molecule has 1 aliphatic carbocycles. The third kappa shape index (κ3) is 4.13. The number of benzene rings is 2. The SMILES string of the molecule is Cc1nc(N)ccc1C#CCCNC(=O)OCC1c2ccccc2-c2ccccc21. The molecule has 0 saturated carbocycles. The molecule has 1 heterocycles. The van der Waals surface area contributed by atoms with Crippen molar-refractivity contribution in [3.8, 4) is 23.0 Å². The molecule has 1 aliphatic rings. The van der Waals surface area contributed by atoms with Crippen LogP contribution in [-0.2, 0) is 4.74 Å². The minimum atomic E-state index is -0.427. The quantitative estimate of drug-likeness (QED) is 0.510. The van der Waals surface area contributed by atoms with Gasteiger partial charge in [-0.1, -0.05) is 60.4 Å². The number of aryl methyl sites for hydroxylation is 1. The van der Waals surface area contributed by atoms with E-state index in [0.717, 1.165) is 11.3 Å². The van der Waals surface area contributed by atoms with Crippen LogP contribution in [0.5, 0.6) is 0 Å². The molecule has 0 radical (unpaired) electrons. The number of aromatic nitrogens is 1. The first-order valence-corrected chi connectivity index (χ1v) is 9.94. The lowest BCUT2D eigenvalue weighted by Crippen LogP contribution is -2.26. The third-order valence-electron chi connectivity index (χ3n) is 5.19. The number of nitrogens with one attached hydrogen (secondary N) is 1. The molecule has 0 bridgehead atoms. The number of alkyl carbamates (subject to hydrolysis) is 1. The number of hydrogen-bond donors (Lipinski definition) is 2. The second-order valence-electron chi connectivity index (χ2n) is 7.17. The van der Waals surface area contributed by atoms with E-state index in [1.54, 1.807) is 6.07 Å². The van der Waals surface area contributed by atoms with Gasteiger partial charge in [0.15, 0.2) is 0 Å². The van der Waals surface area contributed by atoms with E-state index in [9.17, 15) is 4.79 Å². The van der Waals surface area contributed by atoms with Crippen LogP contribution >= 0.6 is 0 Å². The summed E-state index contributed by atoms with van der Waals surface area (Å²) in [5.74, 6) is 6.63. The lowest BCUT2D eigenvalue weighted by Gasteiger charge is -2.14. The maximum absolute atomic E-state index is 12.1. The number of hydrogen-bond acceptors (Lipinski definition) is 4. The summed E-state index contributed by atoms with van der Waals surface area (Å²) in [6.45, 7) is 2.60. The highest BCUT2D eigenvalue weighted by Crippen LogP contribution is 2.44. The first-order valence-electron chi connectivity index (χ1n) is 9.94. The normalized spacial score (nSPS) is 11.8. The molecule has 5 heteroatoms. The summed E-state index contributed by atoms with van der Waals surface area (Å²) < 4.78 is 5.51. The van der Waals surface area contributed by atoms with Crippen LogP contribution in [0.2, 0.25) is 0 Å². The van der Waals surface area contributed by atoms with Crippen molar-refractivity contribution in [3.05, 3.63) is 83.0 Å². The number of amides is 1. The highest BCUT2D eigenvalue weighted by atomic mass is 16.5. The van der Waals surface area contributed by atoms with Crippen LogP contribution in [0, 0.1) is 18.8 Å². The van der Waals surface area contributed by atoms with Crippen LogP contribution in [0.4, 0.5) is 10.6 Å². The standard InChI is InChI=1S/C25H23N3O2/c1-17-18(13-14-24(26)28-17)8-6-7-15-27-25(29)30-16-23-21-11-4-2-9-19(21)20-10-3-5-12-22(20)23/h2-5,9-14,23H,7,15-16H2,1H3,(H2,26,28)(H,27,29). The molecular weight excluding hydrogens is 374 g/mol. The number of rotatable bonds is 4. The monoisotopic (exact) mass is 397 g/mol. The average molecular weight is 397 g/mol. The van der Waals surface area contributed by atoms with Crippen LogP contribution in [-0.4, -0.2) is 24.2 Å². The minimum absolute atomic E-state index is 0.0592. The zero-order chi connectivity index (χ0) is 20.9. The summed E-state index contributed by atoms with van der Waals surface area (Å²) in [6.07, 6.45) is 0.0950. The lowest BCUT2D eigenvalue weighted by molar-refractivity contribution is 0.143. The van der Waals surface area contributed by atoms with E-state index in [1.807, 2.05) is 37.3 Å². The topological polar surface area (TPSA) is 77.2 Å². The summed E-state index contributed by atoms with van der Waals surface area (Å²) in [5, 5.41) is 2.77. The number of nitrogens with zero attached hydrogens (tertiary/aromatic N) is 1. The Morgan fingerprint density at radius 3 is 2.40 bits per heavy atom. The molecule has 2 aromatic carbocycles. The van der Waals surface area contributed by atoms with Crippen molar-refractivity contribution >= 4 is 11.9 Å². The zero-order valence-corrected chi connectivity index (χ0v) is 16.8. The summed E-state index contributed by atoms with van der Waals surface area (Å²) >= 11 is 0. The van der Waals surface area contributed by atoms with Crippen molar-refractivity contribution in [1.29, 1.82) is 0 Å². The van der Waals surface area contributed by atoms with E-state index in [0.29, 0.717) is 25.4 Å². The highest BCUT2D eigenvalue weighted by Gasteiger charge is 2.28. The molecule has 1 aromatic heterocycles. The van der Waals surface area contributed by atoms with Crippen LogP contribution in [0.3, 0.4) is 0 Å². The number of ether oxygens (including phenoxy) is 1. The van der Waals surface area contributed by atoms with Crippen molar-refractivity contribution in [2.75, 3.05) is 18.9 Å². The Morgan fingerprint density at radius 1 is 1.07 bits per heavy atom. The first kappa shape index (κ1) is 19.5.